The molecule has 1 fully saturated rings. The molecule has 1 unspecified atom stereocenters. The van der Waals surface area contributed by atoms with E-state index < -0.39 is 0 Å². The summed E-state index contributed by atoms with van der Waals surface area (Å²) >= 11 is 0. The summed E-state index contributed by atoms with van der Waals surface area (Å²) in [5.41, 5.74) is 5.40. The van der Waals surface area contributed by atoms with Crippen molar-refractivity contribution in [2.45, 2.75) is 25.3 Å². The molecule has 72 valence electrons. The minimum Gasteiger partial charge on any atom is -0.365 e. The molecule has 0 saturated carbocycles. The lowest BCUT2D eigenvalue weighted by Crippen LogP contribution is -2.29. The predicted molar refractivity (Wildman–Crippen MR) is 47.9 cm³/mol. The van der Waals surface area contributed by atoms with E-state index in [-0.39, 0.29) is 12.0 Å². The second-order valence-corrected chi connectivity index (χ2v) is 3.48. The van der Waals surface area contributed by atoms with E-state index in [9.17, 15) is 0 Å². The van der Waals surface area contributed by atoms with Crippen LogP contribution in [0.3, 0.4) is 0 Å². The first-order valence-corrected chi connectivity index (χ1v) is 4.56. The number of nitrogen functional groups attached to an aromatic ring is 1. The van der Waals surface area contributed by atoms with Gasteiger partial charge in [-0.15, -0.1) is 0 Å². The summed E-state index contributed by atoms with van der Waals surface area (Å²) < 4.78 is 5.05. The van der Waals surface area contributed by atoms with Gasteiger partial charge in [-0.1, -0.05) is 6.42 Å². The van der Waals surface area contributed by atoms with Crippen molar-refractivity contribution in [1.29, 1.82) is 0 Å². The van der Waals surface area contributed by atoms with Gasteiger partial charge in [-0.05, 0) is 31.6 Å². The maximum absolute atomic E-state index is 5.40. The molecule has 2 heterocycles. The van der Waals surface area contributed by atoms with Crippen molar-refractivity contribution in [2.75, 3.05) is 19.3 Å². The van der Waals surface area contributed by atoms with E-state index >= 15 is 0 Å². The smallest absolute Gasteiger partial charge is 0.260 e. The van der Waals surface area contributed by atoms with Crippen LogP contribution in [-0.2, 0) is 0 Å². The molecule has 1 atom stereocenters. The standard InChI is InChI=1S/C8H14N4O/c1-12-5-3-2-4-6(12)7-10-8(9)11-13-7/h6H,2-5H2,1H3,(H2,9,11). The molecule has 1 aromatic rings. The molecule has 0 bridgehead atoms. The van der Waals surface area contributed by atoms with Crippen molar-refractivity contribution in [3.05, 3.63) is 5.89 Å². The molecule has 0 aromatic carbocycles. The molecule has 0 amide bonds. The third-order valence-electron chi connectivity index (χ3n) is 2.51. The molecular formula is C8H14N4O. The number of likely N-dealkylation sites (tertiary alicyclic amines) is 1. The lowest BCUT2D eigenvalue weighted by molar-refractivity contribution is 0.150. The average Bonchev–Trinajstić information content (AvgIpc) is 2.53. The maximum atomic E-state index is 5.40. The Morgan fingerprint density at radius 2 is 2.38 bits per heavy atom. The molecule has 5 nitrogen and oxygen atoms in total. The van der Waals surface area contributed by atoms with Crippen molar-refractivity contribution in [3.63, 3.8) is 0 Å². The van der Waals surface area contributed by atoms with Gasteiger partial charge in [-0.3, -0.25) is 4.90 Å². The van der Waals surface area contributed by atoms with Gasteiger partial charge in [-0.25, -0.2) is 0 Å². The van der Waals surface area contributed by atoms with Crippen LogP contribution in [0.1, 0.15) is 31.2 Å². The van der Waals surface area contributed by atoms with Gasteiger partial charge in [0.15, 0.2) is 0 Å². The topological polar surface area (TPSA) is 68.2 Å². The Hall–Kier alpha value is -1.10. The van der Waals surface area contributed by atoms with Crippen molar-refractivity contribution in [2.24, 2.45) is 0 Å². The van der Waals surface area contributed by atoms with E-state index in [1.54, 1.807) is 0 Å². The number of hydrogen-bond acceptors (Lipinski definition) is 5. The second-order valence-electron chi connectivity index (χ2n) is 3.48. The van der Waals surface area contributed by atoms with Crippen LogP contribution in [0.4, 0.5) is 5.95 Å². The highest BCUT2D eigenvalue weighted by atomic mass is 16.5. The van der Waals surface area contributed by atoms with Crippen LogP contribution in [0.15, 0.2) is 4.52 Å². The highest BCUT2D eigenvalue weighted by Crippen LogP contribution is 2.28. The molecule has 0 aliphatic carbocycles. The quantitative estimate of drug-likeness (QED) is 0.696. The molecule has 13 heavy (non-hydrogen) atoms. The van der Waals surface area contributed by atoms with Crippen molar-refractivity contribution >= 4 is 5.95 Å². The first-order chi connectivity index (χ1) is 6.27. The van der Waals surface area contributed by atoms with Gasteiger partial charge < -0.3 is 10.3 Å². The molecule has 1 aliphatic heterocycles. The van der Waals surface area contributed by atoms with Gasteiger partial charge in [0, 0.05) is 0 Å². The van der Waals surface area contributed by atoms with Crippen molar-refractivity contribution in [3.8, 4) is 0 Å². The largest absolute Gasteiger partial charge is 0.365 e. The summed E-state index contributed by atoms with van der Waals surface area (Å²) in [6.45, 7) is 1.09. The number of rotatable bonds is 1. The Bertz CT molecular complexity index is 285. The first-order valence-electron chi connectivity index (χ1n) is 4.56. The zero-order chi connectivity index (χ0) is 9.26. The lowest BCUT2D eigenvalue weighted by atomic mass is 10.0. The number of piperidine rings is 1. The van der Waals surface area contributed by atoms with Gasteiger partial charge in [0.25, 0.3) is 5.95 Å². The predicted octanol–water partition coefficient (Wildman–Crippen LogP) is 0.809. The molecule has 1 saturated heterocycles. The zero-order valence-corrected chi connectivity index (χ0v) is 7.73. The molecule has 2 N–H and O–H groups in total. The maximum Gasteiger partial charge on any atom is 0.260 e. The Morgan fingerprint density at radius 1 is 1.54 bits per heavy atom. The highest BCUT2D eigenvalue weighted by molar-refractivity contribution is 5.12. The van der Waals surface area contributed by atoms with Gasteiger partial charge in [0.05, 0.1) is 6.04 Å². The number of aromatic nitrogens is 2. The van der Waals surface area contributed by atoms with E-state index in [0.717, 1.165) is 13.0 Å². The molecule has 0 spiro atoms. The van der Waals surface area contributed by atoms with E-state index in [2.05, 4.69) is 22.1 Å². The summed E-state index contributed by atoms with van der Waals surface area (Å²) in [5.74, 6) is 0.883. The van der Waals surface area contributed by atoms with E-state index in [1.807, 2.05) is 0 Å². The fourth-order valence-corrected chi connectivity index (χ4v) is 1.77. The number of nitrogens with two attached hydrogens (primary N) is 1. The van der Waals surface area contributed by atoms with Crippen molar-refractivity contribution < 1.29 is 4.52 Å². The Labute approximate surface area is 76.9 Å². The van der Waals surface area contributed by atoms with Crippen molar-refractivity contribution in [1.82, 2.24) is 15.0 Å². The third kappa shape index (κ3) is 1.65. The fraction of sp³-hybridized carbons (Fsp3) is 0.750. The van der Waals surface area contributed by atoms with Crippen LogP contribution in [-0.4, -0.2) is 28.6 Å². The summed E-state index contributed by atoms with van der Waals surface area (Å²) in [6.07, 6.45) is 3.55. The average molecular weight is 182 g/mol. The SMILES string of the molecule is CN1CCCCC1c1nc(N)no1. The van der Waals surface area contributed by atoms with Crippen LogP contribution in [0.2, 0.25) is 0 Å². The Kier molecular flexibility index (Phi) is 2.18. The van der Waals surface area contributed by atoms with E-state index in [1.165, 1.54) is 12.8 Å². The number of anilines is 1. The fourth-order valence-electron chi connectivity index (χ4n) is 1.77. The second kappa shape index (κ2) is 3.33. The van der Waals surface area contributed by atoms with Crippen LogP contribution >= 0.6 is 0 Å². The zero-order valence-electron chi connectivity index (χ0n) is 7.73. The molecule has 0 radical (unpaired) electrons. The van der Waals surface area contributed by atoms with Gasteiger partial charge >= 0.3 is 0 Å². The summed E-state index contributed by atoms with van der Waals surface area (Å²) in [6, 6.07) is 0.263. The minimum absolute atomic E-state index is 0.231. The van der Waals surface area contributed by atoms with E-state index in [0.29, 0.717) is 5.89 Å². The number of hydrogen-bond donors (Lipinski definition) is 1. The van der Waals surface area contributed by atoms with Crippen LogP contribution in [0.5, 0.6) is 0 Å². The normalized spacial score (nSPS) is 24.8. The first kappa shape index (κ1) is 8.50. The molecular weight excluding hydrogens is 168 g/mol. The lowest BCUT2D eigenvalue weighted by Gasteiger charge is -2.29. The monoisotopic (exact) mass is 182 g/mol. The molecule has 1 aliphatic rings. The molecule has 5 heteroatoms. The summed E-state index contributed by atoms with van der Waals surface area (Å²) in [5, 5.41) is 3.59. The molecule has 2 rings (SSSR count). The summed E-state index contributed by atoms with van der Waals surface area (Å²) in [4.78, 5) is 6.28. The summed E-state index contributed by atoms with van der Waals surface area (Å²) in [7, 11) is 2.07. The Balaban J connectivity index is 2.14. The highest BCUT2D eigenvalue weighted by Gasteiger charge is 2.25. The van der Waals surface area contributed by atoms with Gasteiger partial charge in [-0.2, -0.15) is 4.98 Å². The van der Waals surface area contributed by atoms with Gasteiger partial charge in [0.2, 0.25) is 5.89 Å². The molecule has 1 aromatic heterocycles. The Morgan fingerprint density at radius 3 is 3.00 bits per heavy atom. The number of nitrogens with zero attached hydrogens (tertiary/aromatic N) is 3. The van der Waals surface area contributed by atoms with Crippen LogP contribution < -0.4 is 5.73 Å². The van der Waals surface area contributed by atoms with Gasteiger partial charge in [0.1, 0.15) is 0 Å². The van der Waals surface area contributed by atoms with Crippen LogP contribution in [0, 0.1) is 0 Å². The minimum atomic E-state index is 0.231. The van der Waals surface area contributed by atoms with Crippen LogP contribution in [0.25, 0.3) is 0 Å². The van der Waals surface area contributed by atoms with E-state index in [4.69, 9.17) is 10.3 Å². The third-order valence-corrected chi connectivity index (χ3v) is 2.51.